The van der Waals surface area contributed by atoms with Crippen molar-refractivity contribution in [3.8, 4) is 0 Å². The van der Waals surface area contributed by atoms with E-state index in [1.165, 1.54) is 10.6 Å². The van der Waals surface area contributed by atoms with E-state index in [0.29, 0.717) is 12.5 Å². The molecule has 1 fully saturated rings. The third kappa shape index (κ3) is 4.32. The molecule has 1 saturated heterocycles. The van der Waals surface area contributed by atoms with Crippen molar-refractivity contribution >= 4 is 12.3 Å². The maximum Gasteiger partial charge on any atom is 0.309 e. The summed E-state index contributed by atoms with van der Waals surface area (Å²) in [5.41, 5.74) is 1.25. The Bertz CT molecular complexity index is 403. The number of quaternary nitrogens is 1. The molecule has 0 spiro atoms. The second kappa shape index (κ2) is 6.83. The lowest BCUT2D eigenvalue weighted by atomic mass is 9.89. The van der Waals surface area contributed by atoms with Crippen LogP contribution in [0, 0.1) is 27.2 Å². The molecule has 2 aliphatic heterocycles. The minimum atomic E-state index is -1.75. The fourth-order valence-electron chi connectivity index (χ4n) is 2.23. The largest absolute Gasteiger partial charge is 0.465 e. The minimum absolute atomic E-state index is 0.0281. The number of carbonyl (C=O) groups excluding carboxylic acids is 1. The van der Waals surface area contributed by atoms with Gasteiger partial charge in [-0.2, -0.15) is 0 Å². The number of hydrogen-bond acceptors (Lipinski definition) is 6. The summed E-state index contributed by atoms with van der Waals surface area (Å²) in [5.74, 6) is 0.393. The van der Waals surface area contributed by atoms with Gasteiger partial charge >= 0.3 is 5.97 Å². The summed E-state index contributed by atoms with van der Waals surface area (Å²) in [6.07, 6.45) is 5.55. The van der Waals surface area contributed by atoms with Gasteiger partial charge in [-0.3, -0.25) is 9.69 Å². The van der Waals surface area contributed by atoms with Gasteiger partial charge in [-0.25, -0.2) is 4.99 Å². The third-order valence-corrected chi connectivity index (χ3v) is 3.24. The molecule has 0 bridgehead atoms. The Balaban J connectivity index is 0.000000399. The van der Waals surface area contributed by atoms with E-state index in [0.717, 1.165) is 12.8 Å². The summed E-state index contributed by atoms with van der Waals surface area (Å²) in [6.45, 7) is 2.61. The Kier molecular flexibility index (Phi) is 5.43. The number of nitrogens with zero attached hydrogens (tertiary/aromatic N) is 2. The van der Waals surface area contributed by atoms with E-state index in [4.69, 9.17) is 20.1 Å². The Hall–Kier alpha value is -1.96. The zero-order chi connectivity index (χ0) is 14.4. The van der Waals surface area contributed by atoms with E-state index in [-0.39, 0.29) is 11.9 Å². The average molecular weight is 271 g/mol. The van der Waals surface area contributed by atoms with Crippen LogP contribution in [0.3, 0.4) is 0 Å². The average Bonchev–Trinajstić information content (AvgIpc) is 2.86. The van der Waals surface area contributed by atoms with Gasteiger partial charge in [0.1, 0.15) is 5.70 Å². The smallest absolute Gasteiger partial charge is 0.309 e. The summed E-state index contributed by atoms with van der Waals surface area (Å²) in [5, 5.41) is 14.8. The first-order valence-electron chi connectivity index (χ1n) is 6.00. The van der Waals surface area contributed by atoms with E-state index < -0.39 is 5.09 Å². The number of cyclic esters (lactones) is 1. The van der Waals surface area contributed by atoms with Crippen molar-refractivity contribution in [3.05, 3.63) is 27.2 Å². The zero-order valence-corrected chi connectivity index (χ0v) is 10.9. The van der Waals surface area contributed by atoms with Crippen molar-refractivity contribution in [2.45, 2.75) is 19.8 Å². The Morgan fingerprint density at radius 3 is 2.68 bits per heavy atom. The first kappa shape index (κ1) is 15.1. The molecule has 0 aromatic heterocycles. The number of ether oxygens (including phenoxy) is 1. The van der Waals surface area contributed by atoms with Crippen LogP contribution in [-0.2, 0) is 9.53 Å². The van der Waals surface area contributed by atoms with Crippen molar-refractivity contribution < 1.29 is 19.5 Å². The van der Waals surface area contributed by atoms with E-state index in [9.17, 15) is 4.79 Å². The van der Waals surface area contributed by atoms with Crippen LogP contribution in [0.2, 0.25) is 0 Å². The monoisotopic (exact) mass is 271 g/mol. The van der Waals surface area contributed by atoms with Crippen LogP contribution >= 0.6 is 0 Å². The predicted octanol–water partition coefficient (Wildman–Crippen LogP) is -0.265. The molecule has 19 heavy (non-hydrogen) atoms. The number of carbonyl (C=O) groups is 1. The fourth-order valence-corrected chi connectivity index (χ4v) is 2.23. The molecule has 2 rings (SSSR count). The van der Waals surface area contributed by atoms with Gasteiger partial charge < -0.3 is 20.1 Å². The van der Waals surface area contributed by atoms with Crippen LogP contribution < -0.4 is 4.90 Å². The van der Waals surface area contributed by atoms with Crippen molar-refractivity contribution in [1.29, 1.82) is 0 Å². The maximum absolute atomic E-state index is 11.4. The number of aliphatic imine (C=N–C) groups is 1. The van der Waals surface area contributed by atoms with Crippen molar-refractivity contribution in [2.75, 3.05) is 13.7 Å². The van der Waals surface area contributed by atoms with Crippen LogP contribution in [0.5, 0.6) is 0 Å². The van der Waals surface area contributed by atoms with Crippen molar-refractivity contribution in [1.82, 2.24) is 0 Å². The summed E-state index contributed by atoms with van der Waals surface area (Å²) in [7, 11) is 2.06. The van der Waals surface area contributed by atoms with Crippen LogP contribution in [0.1, 0.15) is 19.8 Å². The summed E-state index contributed by atoms with van der Waals surface area (Å²) >= 11 is 0. The highest BCUT2D eigenvalue weighted by molar-refractivity contribution is 5.74. The SMILES string of the molecule is CCC1C(=O)OCC1CC1=CN=C[NH+]1C.O=[N+]([O-])[O-]. The number of hydrogen-bond donors (Lipinski definition) is 1. The molecule has 0 aliphatic carbocycles. The number of nitrogens with one attached hydrogen (secondary N) is 1. The Labute approximate surface area is 110 Å². The second-order valence-corrected chi connectivity index (χ2v) is 4.45. The molecule has 8 heteroatoms. The lowest BCUT2D eigenvalue weighted by Crippen LogP contribution is -3.05. The van der Waals surface area contributed by atoms with E-state index in [1.54, 1.807) is 0 Å². The first-order valence-corrected chi connectivity index (χ1v) is 6.00. The molecule has 3 unspecified atom stereocenters. The van der Waals surface area contributed by atoms with Gasteiger partial charge in [-0.05, 0) is 6.42 Å². The highest BCUT2D eigenvalue weighted by Gasteiger charge is 2.37. The van der Waals surface area contributed by atoms with Crippen LogP contribution in [-0.4, -0.2) is 31.0 Å². The normalized spacial score (nSPS) is 28.4. The van der Waals surface area contributed by atoms with Gasteiger partial charge in [0.2, 0.25) is 0 Å². The van der Waals surface area contributed by atoms with E-state index in [1.807, 2.05) is 19.5 Å². The number of rotatable bonds is 3. The Morgan fingerprint density at radius 2 is 2.21 bits per heavy atom. The predicted molar refractivity (Wildman–Crippen MR) is 66.7 cm³/mol. The maximum atomic E-state index is 11.4. The number of allylic oxidation sites excluding steroid dienone is 1. The van der Waals surface area contributed by atoms with E-state index in [2.05, 4.69) is 12.0 Å². The highest BCUT2D eigenvalue weighted by Crippen LogP contribution is 2.29. The third-order valence-electron chi connectivity index (χ3n) is 3.24. The summed E-state index contributed by atoms with van der Waals surface area (Å²) < 4.78 is 5.10. The summed E-state index contributed by atoms with van der Waals surface area (Å²) in [6, 6.07) is 0. The molecule has 2 heterocycles. The van der Waals surface area contributed by atoms with Gasteiger partial charge in [0.15, 0.2) is 6.34 Å². The fraction of sp³-hybridized carbons (Fsp3) is 0.636. The molecule has 106 valence electrons. The number of esters is 1. The quantitative estimate of drug-likeness (QED) is 0.432. The molecule has 3 atom stereocenters. The van der Waals surface area contributed by atoms with Crippen LogP contribution in [0.4, 0.5) is 0 Å². The molecule has 0 amide bonds. The van der Waals surface area contributed by atoms with Gasteiger partial charge in [0.05, 0.1) is 30.9 Å². The molecule has 0 aromatic carbocycles. The lowest BCUT2D eigenvalue weighted by Gasteiger charge is -2.14. The Morgan fingerprint density at radius 1 is 1.58 bits per heavy atom. The standard InChI is InChI=1S/C11H16N2O2.NO3/c1-3-10-8(6-15-11(10)14)4-9-5-12-7-13(9)2;2-1(3)4/h5,7-8,10H,3-4,6H2,1-2H3;/q;-1/p+1. The van der Waals surface area contributed by atoms with Gasteiger partial charge in [0, 0.05) is 12.3 Å². The van der Waals surface area contributed by atoms with Crippen molar-refractivity contribution in [2.24, 2.45) is 16.8 Å². The second-order valence-electron chi connectivity index (χ2n) is 4.45. The van der Waals surface area contributed by atoms with Gasteiger partial charge in [-0.15, -0.1) is 0 Å². The molecule has 0 aromatic rings. The molecule has 0 saturated carbocycles. The van der Waals surface area contributed by atoms with Gasteiger partial charge in [0.25, 0.3) is 0 Å². The lowest BCUT2D eigenvalue weighted by molar-refractivity contribution is -0.729. The zero-order valence-electron chi connectivity index (χ0n) is 10.9. The molecule has 1 N–H and O–H groups in total. The molecule has 2 aliphatic rings. The van der Waals surface area contributed by atoms with E-state index >= 15 is 0 Å². The first-order chi connectivity index (χ1) is 8.95. The topological polar surface area (TPSA) is 109 Å². The summed E-state index contributed by atoms with van der Waals surface area (Å²) in [4.78, 5) is 25.0. The van der Waals surface area contributed by atoms with Crippen LogP contribution in [0.15, 0.2) is 16.9 Å². The van der Waals surface area contributed by atoms with Crippen molar-refractivity contribution in [3.63, 3.8) is 0 Å². The highest BCUT2D eigenvalue weighted by atomic mass is 16.9. The van der Waals surface area contributed by atoms with Crippen LogP contribution in [0.25, 0.3) is 0 Å². The van der Waals surface area contributed by atoms with Gasteiger partial charge in [-0.1, -0.05) is 6.92 Å². The molecular formula is C11H17N3O5. The molecule has 8 nitrogen and oxygen atoms in total. The molecular weight excluding hydrogens is 254 g/mol. The minimum Gasteiger partial charge on any atom is -0.465 e. The molecule has 0 radical (unpaired) electrons.